The highest BCUT2D eigenvalue weighted by Gasteiger charge is 2.44. The number of nitrogens with zero attached hydrogens (tertiary/aromatic N) is 1. The van der Waals surface area contributed by atoms with Gasteiger partial charge in [0.05, 0.1) is 40.2 Å². The Bertz CT molecular complexity index is 1970. The van der Waals surface area contributed by atoms with E-state index in [0.717, 1.165) is 69.2 Å². The third-order valence-electron chi connectivity index (χ3n) is 10.2. The first-order valence-electron chi connectivity index (χ1n) is 16.2. The van der Waals surface area contributed by atoms with E-state index in [2.05, 4.69) is 91.6 Å². The number of rotatable bonds is 6. The number of anilines is 1. The van der Waals surface area contributed by atoms with Crippen LogP contribution in [0.4, 0.5) is 5.69 Å². The molecule has 0 spiro atoms. The van der Waals surface area contributed by atoms with Crippen molar-refractivity contribution in [3.8, 4) is 34.1 Å². The summed E-state index contributed by atoms with van der Waals surface area (Å²) in [4.78, 5) is 2.37. The molecular formula is C41H39NO5. The predicted octanol–water partition coefficient (Wildman–Crippen LogP) is 8.36. The second kappa shape index (κ2) is 11.1. The maximum atomic E-state index is 7.50. The number of morpholine rings is 1. The maximum Gasteiger partial charge on any atom is 0.178 e. The highest BCUT2D eigenvalue weighted by atomic mass is 16.5. The quantitative estimate of drug-likeness (QED) is 0.189. The molecule has 6 nitrogen and oxygen atoms in total. The van der Waals surface area contributed by atoms with Crippen molar-refractivity contribution in [2.24, 2.45) is 0 Å². The normalized spacial score (nSPS) is 17.0. The van der Waals surface area contributed by atoms with Crippen molar-refractivity contribution in [2.75, 3.05) is 52.5 Å². The summed E-state index contributed by atoms with van der Waals surface area (Å²) in [5, 5.41) is 2.18. The lowest BCUT2D eigenvalue weighted by atomic mass is 9.76. The summed E-state index contributed by atoms with van der Waals surface area (Å²) in [6.07, 6.45) is 4.49. The fourth-order valence-electron chi connectivity index (χ4n) is 7.83. The molecule has 1 aliphatic carbocycles. The van der Waals surface area contributed by atoms with Gasteiger partial charge in [-0.3, -0.25) is 0 Å². The van der Waals surface area contributed by atoms with E-state index in [0.29, 0.717) is 13.2 Å². The van der Waals surface area contributed by atoms with Crippen LogP contribution in [0.5, 0.6) is 23.0 Å². The molecule has 0 N–H and O–H groups in total. The Kier molecular flexibility index (Phi) is 6.96. The summed E-state index contributed by atoms with van der Waals surface area (Å²) in [6, 6.07) is 29.6. The molecule has 5 aromatic rings. The number of methoxy groups -OCH3 is 3. The molecule has 0 atom stereocenters. The Morgan fingerprint density at radius 3 is 1.98 bits per heavy atom. The summed E-state index contributed by atoms with van der Waals surface area (Å²) >= 11 is 0. The molecule has 238 valence electrons. The largest absolute Gasteiger partial charge is 0.497 e. The molecule has 0 unspecified atom stereocenters. The lowest BCUT2D eigenvalue weighted by molar-refractivity contribution is 0.122. The van der Waals surface area contributed by atoms with Crippen molar-refractivity contribution in [1.29, 1.82) is 0 Å². The molecule has 3 aliphatic rings. The fraction of sp³-hybridized carbons (Fsp3) is 0.268. The van der Waals surface area contributed by atoms with E-state index in [4.69, 9.17) is 23.7 Å². The lowest BCUT2D eigenvalue weighted by Crippen LogP contribution is -2.36. The Hall–Kier alpha value is -4.94. The average Bonchev–Trinajstić information content (AvgIpc) is 3.38. The van der Waals surface area contributed by atoms with E-state index in [1.54, 1.807) is 21.3 Å². The minimum atomic E-state index is -0.904. The summed E-state index contributed by atoms with van der Waals surface area (Å²) in [6.45, 7) is 7.68. The Labute approximate surface area is 276 Å². The smallest absolute Gasteiger partial charge is 0.178 e. The molecular weight excluding hydrogens is 586 g/mol. The highest BCUT2D eigenvalue weighted by Crippen LogP contribution is 2.59. The van der Waals surface area contributed by atoms with Gasteiger partial charge in [-0.25, -0.2) is 0 Å². The summed E-state index contributed by atoms with van der Waals surface area (Å²) < 4.78 is 30.4. The highest BCUT2D eigenvalue weighted by molar-refractivity contribution is 6.10. The van der Waals surface area contributed by atoms with E-state index in [9.17, 15) is 0 Å². The van der Waals surface area contributed by atoms with Crippen LogP contribution in [0.25, 0.3) is 28.0 Å². The topological polar surface area (TPSA) is 49.4 Å². The molecule has 0 aromatic heterocycles. The lowest BCUT2D eigenvalue weighted by Gasteiger charge is -2.39. The van der Waals surface area contributed by atoms with Crippen LogP contribution in [0.1, 0.15) is 41.7 Å². The second-order valence-electron chi connectivity index (χ2n) is 13.0. The second-order valence-corrected chi connectivity index (χ2v) is 13.0. The van der Waals surface area contributed by atoms with Crippen molar-refractivity contribution >= 4 is 22.5 Å². The molecule has 2 aliphatic heterocycles. The molecule has 2 heterocycles. The Morgan fingerprint density at radius 2 is 1.36 bits per heavy atom. The molecule has 0 amide bonds. The van der Waals surface area contributed by atoms with Crippen LogP contribution < -0.4 is 23.8 Å². The molecule has 5 aromatic carbocycles. The van der Waals surface area contributed by atoms with Crippen molar-refractivity contribution in [1.82, 2.24) is 0 Å². The monoisotopic (exact) mass is 625 g/mol. The molecule has 1 saturated heterocycles. The van der Waals surface area contributed by atoms with Crippen LogP contribution in [-0.2, 0) is 15.8 Å². The number of hydrogen-bond donors (Lipinski definition) is 0. The van der Waals surface area contributed by atoms with E-state index < -0.39 is 5.60 Å². The molecule has 8 rings (SSSR count). The van der Waals surface area contributed by atoms with Gasteiger partial charge < -0.3 is 28.6 Å². The Balaban J connectivity index is 1.44. The van der Waals surface area contributed by atoms with Crippen LogP contribution >= 0.6 is 0 Å². The Morgan fingerprint density at radius 1 is 0.723 bits per heavy atom. The zero-order chi connectivity index (χ0) is 32.3. The van der Waals surface area contributed by atoms with Gasteiger partial charge in [0.2, 0.25) is 0 Å². The summed E-state index contributed by atoms with van der Waals surface area (Å²) in [7, 11) is 5.13. The number of fused-ring (bicyclic) bond motifs is 8. The first-order chi connectivity index (χ1) is 22.9. The van der Waals surface area contributed by atoms with Gasteiger partial charge in [-0.1, -0.05) is 68.5 Å². The molecule has 0 radical (unpaired) electrons. The standard InChI is InChI=1S/C41H39NO5/c1-40(2)34-9-7-6-8-30(34)37-32-24-35(42-20-22-46-23-21-42)36(45-5)25-33(32)39-31(38(37)40)18-19-41(47-39,26-10-14-28(43-3)15-11-26)27-12-16-29(44-4)17-13-27/h6-19,24-25H,20-23H2,1-5H3. The SMILES string of the molecule is COc1ccc(C2(c3ccc(OC)cc3)C=Cc3c4c(c5cc(N6CCOCC6)c(OC)cc5c3O2)-c2ccccc2C4(C)C)cc1. The molecule has 6 heteroatoms. The van der Waals surface area contributed by atoms with Gasteiger partial charge in [0.25, 0.3) is 0 Å². The first kappa shape index (κ1) is 29.5. The number of ether oxygens (including phenoxy) is 5. The van der Waals surface area contributed by atoms with E-state index in [1.807, 2.05) is 24.3 Å². The van der Waals surface area contributed by atoms with Crippen LogP contribution in [0.2, 0.25) is 0 Å². The van der Waals surface area contributed by atoms with Crippen LogP contribution in [0, 0.1) is 0 Å². The number of hydrogen-bond acceptors (Lipinski definition) is 6. The van der Waals surface area contributed by atoms with Gasteiger partial charge in [-0.05, 0) is 70.1 Å². The van der Waals surface area contributed by atoms with Gasteiger partial charge in [0.15, 0.2) is 5.60 Å². The minimum Gasteiger partial charge on any atom is -0.497 e. The van der Waals surface area contributed by atoms with Gasteiger partial charge in [-0.15, -0.1) is 0 Å². The van der Waals surface area contributed by atoms with Crippen LogP contribution in [0.3, 0.4) is 0 Å². The van der Waals surface area contributed by atoms with Crippen molar-refractivity contribution in [2.45, 2.75) is 24.9 Å². The van der Waals surface area contributed by atoms with Crippen molar-refractivity contribution in [3.63, 3.8) is 0 Å². The van der Waals surface area contributed by atoms with Crippen LogP contribution in [0.15, 0.2) is 91.0 Å². The molecule has 47 heavy (non-hydrogen) atoms. The van der Waals surface area contributed by atoms with Gasteiger partial charge in [0.1, 0.15) is 23.0 Å². The zero-order valence-electron chi connectivity index (χ0n) is 27.6. The van der Waals surface area contributed by atoms with E-state index >= 15 is 0 Å². The van der Waals surface area contributed by atoms with E-state index in [1.165, 1.54) is 22.3 Å². The van der Waals surface area contributed by atoms with Gasteiger partial charge in [0, 0.05) is 40.6 Å². The van der Waals surface area contributed by atoms with Crippen molar-refractivity contribution in [3.05, 3.63) is 119 Å². The molecule has 1 fully saturated rings. The zero-order valence-corrected chi connectivity index (χ0v) is 27.6. The third kappa shape index (κ3) is 4.42. The summed E-state index contributed by atoms with van der Waals surface area (Å²) in [5.41, 5.74) is 8.19. The minimum absolute atomic E-state index is 0.239. The van der Waals surface area contributed by atoms with Crippen LogP contribution in [-0.4, -0.2) is 47.6 Å². The van der Waals surface area contributed by atoms with Gasteiger partial charge in [-0.2, -0.15) is 0 Å². The average molecular weight is 626 g/mol. The fourth-order valence-corrected chi connectivity index (χ4v) is 7.83. The third-order valence-corrected chi connectivity index (χ3v) is 10.2. The molecule has 0 saturated carbocycles. The van der Waals surface area contributed by atoms with Gasteiger partial charge >= 0.3 is 0 Å². The van der Waals surface area contributed by atoms with E-state index in [-0.39, 0.29) is 5.41 Å². The predicted molar refractivity (Wildman–Crippen MR) is 188 cm³/mol. The summed E-state index contributed by atoms with van der Waals surface area (Å²) in [5.74, 6) is 3.26. The number of benzene rings is 5. The van der Waals surface area contributed by atoms with Crippen molar-refractivity contribution < 1.29 is 23.7 Å². The first-order valence-corrected chi connectivity index (χ1v) is 16.2. The molecule has 0 bridgehead atoms. The maximum absolute atomic E-state index is 7.50.